The van der Waals surface area contributed by atoms with E-state index in [0.29, 0.717) is 0 Å². The van der Waals surface area contributed by atoms with Crippen molar-refractivity contribution in [2.24, 2.45) is 0 Å². The predicted molar refractivity (Wildman–Crippen MR) is 180 cm³/mol. The summed E-state index contributed by atoms with van der Waals surface area (Å²) >= 11 is 0. The second kappa shape index (κ2) is 14.9. The van der Waals surface area contributed by atoms with Crippen LogP contribution in [-0.4, -0.2) is 84.0 Å². The van der Waals surface area contributed by atoms with E-state index in [1.165, 1.54) is 11.1 Å². The summed E-state index contributed by atoms with van der Waals surface area (Å²) in [7, 11) is 0. The van der Waals surface area contributed by atoms with Gasteiger partial charge in [-0.25, -0.2) is 9.59 Å². The molecule has 232 valence electrons. The molecule has 45 heavy (non-hydrogen) atoms. The van der Waals surface area contributed by atoms with Gasteiger partial charge in [-0.15, -0.1) is 0 Å². The van der Waals surface area contributed by atoms with Crippen LogP contribution in [0.15, 0.2) is 109 Å². The van der Waals surface area contributed by atoms with Crippen molar-refractivity contribution in [3.05, 3.63) is 131 Å². The molecule has 2 aliphatic rings. The lowest BCUT2D eigenvalue weighted by Crippen LogP contribution is -2.49. The summed E-state index contributed by atoms with van der Waals surface area (Å²) in [6.45, 7) is 8.21. The average molecular weight is 603 g/mol. The fourth-order valence-corrected chi connectivity index (χ4v) is 5.95. The Labute approximate surface area is 266 Å². The van der Waals surface area contributed by atoms with Gasteiger partial charge in [-0.05, 0) is 52.9 Å². The Morgan fingerprint density at radius 3 is 1.16 bits per heavy atom. The van der Waals surface area contributed by atoms with E-state index in [0.717, 1.165) is 94.4 Å². The number of carbonyl (C=O) groups excluding carboxylic acids is 2. The van der Waals surface area contributed by atoms with Crippen LogP contribution >= 0.6 is 0 Å². The monoisotopic (exact) mass is 602 g/mol. The van der Waals surface area contributed by atoms with Crippen molar-refractivity contribution in [3.8, 4) is 0 Å². The van der Waals surface area contributed by atoms with Crippen molar-refractivity contribution in [3.63, 3.8) is 0 Å². The maximum Gasteiger partial charge on any atom is 0.321 e. The number of nitrogens with one attached hydrogen (secondary N) is 2. The van der Waals surface area contributed by atoms with Gasteiger partial charge in [-0.3, -0.25) is 9.80 Å². The highest BCUT2D eigenvalue weighted by molar-refractivity contribution is 5.90. The van der Waals surface area contributed by atoms with Crippen molar-refractivity contribution in [1.82, 2.24) is 19.6 Å². The number of anilines is 2. The van der Waals surface area contributed by atoms with E-state index in [-0.39, 0.29) is 12.1 Å². The van der Waals surface area contributed by atoms with E-state index in [1.807, 2.05) is 46.2 Å². The lowest BCUT2D eigenvalue weighted by atomic mass is 10.0. The van der Waals surface area contributed by atoms with Crippen molar-refractivity contribution >= 4 is 23.4 Å². The van der Waals surface area contributed by atoms with Gasteiger partial charge in [0, 0.05) is 76.8 Å². The van der Waals surface area contributed by atoms with E-state index in [4.69, 9.17) is 0 Å². The molecule has 0 spiro atoms. The Kier molecular flexibility index (Phi) is 10.0. The number of rotatable bonds is 8. The quantitative estimate of drug-likeness (QED) is 0.261. The Morgan fingerprint density at radius 2 is 0.800 bits per heavy atom. The van der Waals surface area contributed by atoms with Gasteiger partial charge in [-0.2, -0.15) is 0 Å². The van der Waals surface area contributed by atoms with Crippen LogP contribution in [0.1, 0.15) is 22.3 Å². The standard InChI is InChI=1S/C37H42N6O2/c44-36(42-23-19-40(20-24-42)28-32-7-3-1-4-8-32)38-34-15-11-30(12-16-34)27-31-13-17-35(18-14-31)39-37(45)43-25-21-41(22-26-43)29-33-9-5-2-6-10-33/h1-18H,19-29H2,(H,38,44)(H,39,45). The first-order valence-electron chi connectivity index (χ1n) is 15.9. The number of urea groups is 2. The maximum absolute atomic E-state index is 12.9. The summed E-state index contributed by atoms with van der Waals surface area (Å²) in [5.41, 5.74) is 6.53. The summed E-state index contributed by atoms with van der Waals surface area (Å²) in [4.78, 5) is 34.3. The number of nitrogens with zero attached hydrogens (tertiary/aromatic N) is 4. The Balaban J connectivity index is 0.912. The molecule has 2 heterocycles. The minimum absolute atomic E-state index is 0.0474. The average Bonchev–Trinajstić information content (AvgIpc) is 3.08. The number of hydrogen-bond acceptors (Lipinski definition) is 4. The molecule has 0 unspecified atom stereocenters. The maximum atomic E-state index is 12.9. The Hall–Kier alpha value is -4.66. The smallest absolute Gasteiger partial charge is 0.321 e. The molecule has 8 nitrogen and oxygen atoms in total. The second-order valence-electron chi connectivity index (χ2n) is 11.9. The minimum atomic E-state index is -0.0474. The number of carbonyl (C=O) groups is 2. The summed E-state index contributed by atoms with van der Waals surface area (Å²) in [6.07, 6.45) is 0.773. The molecule has 2 saturated heterocycles. The van der Waals surface area contributed by atoms with Gasteiger partial charge >= 0.3 is 12.1 Å². The molecule has 8 heteroatoms. The summed E-state index contributed by atoms with van der Waals surface area (Å²) < 4.78 is 0. The lowest BCUT2D eigenvalue weighted by Gasteiger charge is -2.34. The molecule has 4 aromatic carbocycles. The lowest BCUT2D eigenvalue weighted by molar-refractivity contribution is 0.142. The normalized spacial score (nSPS) is 15.9. The first-order chi connectivity index (χ1) is 22.1. The minimum Gasteiger partial charge on any atom is -0.322 e. The van der Waals surface area contributed by atoms with E-state index in [9.17, 15) is 9.59 Å². The van der Waals surface area contributed by atoms with Gasteiger partial charge in [0.05, 0.1) is 0 Å². The van der Waals surface area contributed by atoms with Crippen molar-refractivity contribution < 1.29 is 9.59 Å². The Bertz CT molecular complexity index is 1400. The highest BCUT2D eigenvalue weighted by Gasteiger charge is 2.22. The third-order valence-electron chi connectivity index (χ3n) is 8.64. The molecule has 0 atom stereocenters. The molecule has 2 N–H and O–H groups in total. The van der Waals surface area contributed by atoms with Crippen LogP contribution in [0.2, 0.25) is 0 Å². The number of piperazine rings is 2. The molecule has 2 aliphatic heterocycles. The van der Waals surface area contributed by atoms with Crippen LogP contribution < -0.4 is 10.6 Å². The van der Waals surface area contributed by atoms with Gasteiger partial charge in [0.15, 0.2) is 0 Å². The van der Waals surface area contributed by atoms with Crippen LogP contribution in [0.5, 0.6) is 0 Å². The van der Waals surface area contributed by atoms with Gasteiger partial charge in [0.1, 0.15) is 0 Å². The fourth-order valence-electron chi connectivity index (χ4n) is 5.95. The first kappa shape index (κ1) is 30.4. The summed E-state index contributed by atoms with van der Waals surface area (Å²) in [5.74, 6) is 0. The molecule has 0 bridgehead atoms. The molecule has 0 aliphatic carbocycles. The molecule has 0 aromatic heterocycles. The van der Waals surface area contributed by atoms with Gasteiger partial charge in [-0.1, -0.05) is 84.9 Å². The number of amides is 4. The third kappa shape index (κ3) is 8.71. The van der Waals surface area contributed by atoms with E-state index in [1.54, 1.807) is 0 Å². The molecular formula is C37H42N6O2. The topological polar surface area (TPSA) is 71.2 Å². The summed E-state index contributed by atoms with van der Waals surface area (Å²) in [5, 5.41) is 6.11. The van der Waals surface area contributed by atoms with Crippen LogP contribution in [0.4, 0.5) is 21.0 Å². The highest BCUT2D eigenvalue weighted by Crippen LogP contribution is 2.18. The van der Waals surface area contributed by atoms with E-state index < -0.39 is 0 Å². The molecule has 6 rings (SSSR count). The number of benzene rings is 4. The van der Waals surface area contributed by atoms with Crippen LogP contribution in [0, 0.1) is 0 Å². The van der Waals surface area contributed by atoms with Crippen molar-refractivity contribution in [2.45, 2.75) is 19.5 Å². The number of hydrogen-bond donors (Lipinski definition) is 2. The second-order valence-corrected chi connectivity index (χ2v) is 11.9. The van der Waals surface area contributed by atoms with E-state index in [2.05, 4.69) is 93.2 Å². The summed E-state index contributed by atoms with van der Waals surface area (Å²) in [6, 6.07) is 36.9. The van der Waals surface area contributed by atoms with Crippen LogP contribution in [-0.2, 0) is 19.5 Å². The van der Waals surface area contributed by atoms with Gasteiger partial charge < -0.3 is 20.4 Å². The van der Waals surface area contributed by atoms with Crippen molar-refractivity contribution in [1.29, 1.82) is 0 Å². The van der Waals surface area contributed by atoms with Gasteiger partial charge in [0.25, 0.3) is 0 Å². The van der Waals surface area contributed by atoms with E-state index >= 15 is 0 Å². The van der Waals surface area contributed by atoms with Gasteiger partial charge in [0.2, 0.25) is 0 Å². The molecular weight excluding hydrogens is 560 g/mol. The van der Waals surface area contributed by atoms with Crippen molar-refractivity contribution in [2.75, 3.05) is 63.0 Å². The molecule has 0 saturated carbocycles. The van der Waals surface area contributed by atoms with Crippen LogP contribution in [0.3, 0.4) is 0 Å². The fraction of sp³-hybridized carbons (Fsp3) is 0.297. The zero-order valence-electron chi connectivity index (χ0n) is 25.8. The molecule has 2 fully saturated rings. The zero-order chi connectivity index (χ0) is 30.8. The third-order valence-corrected chi connectivity index (χ3v) is 8.64. The molecule has 4 aromatic rings. The largest absolute Gasteiger partial charge is 0.322 e. The molecule has 0 radical (unpaired) electrons. The SMILES string of the molecule is O=C(Nc1ccc(Cc2ccc(NC(=O)N3CCN(Cc4ccccc4)CC3)cc2)cc1)N1CCN(Cc2ccccc2)CC1. The highest BCUT2D eigenvalue weighted by atomic mass is 16.2. The molecule has 4 amide bonds. The predicted octanol–water partition coefficient (Wildman–Crippen LogP) is 5.98. The van der Waals surface area contributed by atoms with Crippen LogP contribution in [0.25, 0.3) is 0 Å². The zero-order valence-corrected chi connectivity index (χ0v) is 25.8. The Morgan fingerprint density at radius 1 is 0.444 bits per heavy atom. The first-order valence-corrected chi connectivity index (χ1v) is 15.9.